The summed E-state index contributed by atoms with van der Waals surface area (Å²) in [6, 6.07) is 0. The van der Waals surface area contributed by atoms with Crippen molar-refractivity contribution in [1.29, 1.82) is 0 Å². The second-order valence-corrected chi connectivity index (χ2v) is 37.4. The van der Waals surface area contributed by atoms with Gasteiger partial charge in [-0.2, -0.15) is 0 Å². The van der Waals surface area contributed by atoms with Crippen molar-refractivity contribution in [2.45, 2.75) is 510 Å². The van der Waals surface area contributed by atoms with Crippen LogP contribution in [0.4, 0.5) is 0 Å². The van der Waals surface area contributed by atoms with Gasteiger partial charge in [0.1, 0.15) is 19.3 Å². The van der Waals surface area contributed by atoms with Gasteiger partial charge >= 0.3 is 39.5 Å². The van der Waals surface area contributed by atoms with Gasteiger partial charge in [0.15, 0.2) is 12.2 Å². The van der Waals surface area contributed by atoms with Gasteiger partial charge in [0.05, 0.1) is 26.4 Å². The predicted octanol–water partition coefficient (Wildman–Crippen LogP) is 28.4. The lowest BCUT2D eigenvalue weighted by Crippen LogP contribution is -2.30. The van der Waals surface area contributed by atoms with Crippen molar-refractivity contribution in [1.82, 2.24) is 0 Å². The van der Waals surface area contributed by atoms with Crippen LogP contribution in [-0.4, -0.2) is 96.7 Å². The van der Waals surface area contributed by atoms with E-state index < -0.39 is 97.5 Å². The van der Waals surface area contributed by atoms with Crippen LogP contribution in [0.15, 0.2) is 0 Å². The number of hydrogen-bond donors (Lipinski definition) is 3. The van der Waals surface area contributed by atoms with Gasteiger partial charge in [0.2, 0.25) is 0 Å². The molecule has 0 radical (unpaired) electrons. The molecule has 2 unspecified atom stereocenters. The SMILES string of the molecule is CCCCCCCCCCCCCCCCCCCCCCC(=O)OC[C@H](COP(=O)(O)OC[C@@H](O)COP(=O)(O)OC[C@@H](COC(=O)CCCCCCCCCCCC(C)C)OC(=O)CCCCCCCCCCCCCCCCCC(C)C)OC(=O)CCCCCCCCCCCCCCCCCCCCC(C)C. The van der Waals surface area contributed by atoms with Gasteiger partial charge in [0, 0.05) is 25.7 Å². The van der Waals surface area contributed by atoms with E-state index in [1.54, 1.807) is 0 Å². The predicted molar refractivity (Wildman–Crippen MR) is 460 cm³/mol. The van der Waals surface area contributed by atoms with Crippen molar-refractivity contribution in [2.24, 2.45) is 17.8 Å². The molecule has 0 amide bonds. The van der Waals surface area contributed by atoms with Crippen LogP contribution < -0.4 is 0 Å². The number of rotatable bonds is 90. The summed E-state index contributed by atoms with van der Waals surface area (Å²) in [6.07, 6.45) is 75.1. The molecule has 17 nitrogen and oxygen atoms in total. The maximum absolute atomic E-state index is 13.2. The van der Waals surface area contributed by atoms with Gasteiger partial charge in [-0.3, -0.25) is 37.3 Å². The average Bonchev–Trinajstić information content (AvgIpc) is 0.899. The molecule has 3 N–H and O–H groups in total. The van der Waals surface area contributed by atoms with Gasteiger partial charge < -0.3 is 33.8 Å². The van der Waals surface area contributed by atoms with Crippen LogP contribution in [0.3, 0.4) is 0 Å². The maximum Gasteiger partial charge on any atom is 0.472 e. The smallest absolute Gasteiger partial charge is 0.462 e. The molecule has 0 fully saturated rings. The molecule has 0 bridgehead atoms. The molecule has 0 spiro atoms. The van der Waals surface area contributed by atoms with Gasteiger partial charge in [-0.05, 0) is 43.4 Å². The Bertz CT molecular complexity index is 2130. The largest absolute Gasteiger partial charge is 0.472 e. The Labute approximate surface area is 683 Å². The Kier molecular flexibility index (Phi) is 80.4. The summed E-state index contributed by atoms with van der Waals surface area (Å²) < 4.78 is 69.1. The summed E-state index contributed by atoms with van der Waals surface area (Å²) in [6.45, 7) is 12.1. The summed E-state index contributed by atoms with van der Waals surface area (Å²) in [5, 5.41) is 10.7. The van der Waals surface area contributed by atoms with E-state index in [0.29, 0.717) is 25.7 Å². The molecule has 0 aliphatic carbocycles. The average molecular weight is 1620 g/mol. The zero-order valence-electron chi connectivity index (χ0n) is 73.4. The third-order valence-electron chi connectivity index (χ3n) is 21.6. The van der Waals surface area contributed by atoms with Crippen molar-refractivity contribution in [3.05, 3.63) is 0 Å². The third-order valence-corrected chi connectivity index (χ3v) is 23.5. The minimum Gasteiger partial charge on any atom is -0.462 e. The zero-order valence-corrected chi connectivity index (χ0v) is 75.2. The van der Waals surface area contributed by atoms with E-state index in [9.17, 15) is 43.2 Å². The number of hydrogen-bond acceptors (Lipinski definition) is 15. The number of carbonyl (C=O) groups is 4. The topological polar surface area (TPSA) is 237 Å². The van der Waals surface area contributed by atoms with Crippen LogP contribution in [0.1, 0.15) is 492 Å². The second kappa shape index (κ2) is 81.8. The summed E-state index contributed by atoms with van der Waals surface area (Å²) in [4.78, 5) is 73.5. The van der Waals surface area contributed by atoms with E-state index >= 15 is 0 Å². The Morgan fingerprint density at radius 3 is 0.613 bits per heavy atom. The first-order chi connectivity index (χ1) is 53.7. The molecule has 0 saturated carbocycles. The van der Waals surface area contributed by atoms with Gasteiger partial charge in [-0.25, -0.2) is 9.13 Å². The molecule has 19 heteroatoms. The van der Waals surface area contributed by atoms with E-state index in [1.165, 1.54) is 302 Å². The van der Waals surface area contributed by atoms with Crippen molar-refractivity contribution in [3.8, 4) is 0 Å². The minimum absolute atomic E-state index is 0.108. The number of ether oxygens (including phenoxy) is 4. The first-order valence-corrected chi connectivity index (χ1v) is 50.3. The normalized spacial score (nSPS) is 13.8. The lowest BCUT2D eigenvalue weighted by Gasteiger charge is -2.21. The fourth-order valence-corrected chi connectivity index (χ4v) is 16.0. The molecule has 660 valence electrons. The molecule has 0 aromatic rings. The summed E-state index contributed by atoms with van der Waals surface area (Å²) in [5.41, 5.74) is 0. The fraction of sp³-hybridized carbons (Fsp3) is 0.957. The van der Waals surface area contributed by atoms with Crippen LogP contribution in [0.25, 0.3) is 0 Å². The highest BCUT2D eigenvalue weighted by molar-refractivity contribution is 7.47. The van der Waals surface area contributed by atoms with Crippen LogP contribution in [0.5, 0.6) is 0 Å². The number of aliphatic hydroxyl groups is 1. The lowest BCUT2D eigenvalue weighted by molar-refractivity contribution is -0.161. The van der Waals surface area contributed by atoms with E-state index in [0.717, 1.165) is 108 Å². The highest BCUT2D eigenvalue weighted by atomic mass is 31.2. The molecular formula is C92H180O17P2. The van der Waals surface area contributed by atoms with Crippen LogP contribution >= 0.6 is 15.6 Å². The van der Waals surface area contributed by atoms with E-state index in [1.807, 2.05) is 0 Å². The van der Waals surface area contributed by atoms with E-state index in [-0.39, 0.29) is 25.7 Å². The van der Waals surface area contributed by atoms with Crippen molar-refractivity contribution in [2.75, 3.05) is 39.6 Å². The molecule has 0 heterocycles. The molecule has 0 rings (SSSR count). The Morgan fingerprint density at radius 2 is 0.414 bits per heavy atom. The monoisotopic (exact) mass is 1620 g/mol. The molecule has 0 aromatic heterocycles. The number of phosphoric ester groups is 2. The lowest BCUT2D eigenvalue weighted by atomic mass is 10.0. The summed E-state index contributed by atoms with van der Waals surface area (Å²) in [7, 11) is -9.94. The Morgan fingerprint density at radius 1 is 0.243 bits per heavy atom. The molecule has 0 aliphatic heterocycles. The molecule has 0 aromatic carbocycles. The Hall–Kier alpha value is -1.94. The van der Waals surface area contributed by atoms with Crippen molar-refractivity contribution >= 4 is 39.5 Å². The molecule has 0 aliphatic rings. The third kappa shape index (κ3) is 85.8. The number of phosphoric acid groups is 2. The van der Waals surface area contributed by atoms with E-state index in [4.69, 9.17) is 37.0 Å². The summed E-state index contributed by atoms with van der Waals surface area (Å²) >= 11 is 0. The van der Waals surface area contributed by atoms with Crippen molar-refractivity contribution in [3.63, 3.8) is 0 Å². The van der Waals surface area contributed by atoms with Gasteiger partial charge in [-0.1, -0.05) is 440 Å². The maximum atomic E-state index is 13.2. The van der Waals surface area contributed by atoms with Crippen LogP contribution in [-0.2, 0) is 65.4 Å². The molecule has 5 atom stereocenters. The minimum atomic E-state index is -4.97. The summed E-state index contributed by atoms with van der Waals surface area (Å²) in [5.74, 6) is 0.269. The highest BCUT2D eigenvalue weighted by Gasteiger charge is 2.31. The molecule has 0 saturated heterocycles. The number of aliphatic hydroxyl groups excluding tert-OH is 1. The van der Waals surface area contributed by atoms with Crippen LogP contribution in [0, 0.1) is 17.8 Å². The van der Waals surface area contributed by atoms with Crippen LogP contribution in [0.2, 0.25) is 0 Å². The van der Waals surface area contributed by atoms with Crippen molar-refractivity contribution < 1.29 is 80.2 Å². The Balaban J connectivity index is 5.25. The first kappa shape index (κ1) is 109. The van der Waals surface area contributed by atoms with Gasteiger partial charge in [0.25, 0.3) is 0 Å². The number of carbonyl (C=O) groups excluding carboxylic acids is 4. The van der Waals surface area contributed by atoms with Gasteiger partial charge in [-0.15, -0.1) is 0 Å². The molecule has 111 heavy (non-hydrogen) atoms. The molecular weight excluding hydrogens is 1440 g/mol. The quantitative estimate of drug-likeness (QED) is 0.0222. The highest BCUT2D eigenvalue weighted by Crippen LogP contribution is 2.45. The zero-order chi connectivity index (χ0) is 81.5. The van der Waals surface area contributed by atoms with E-state index in [2.05, 4.69) is 48.5 Å². The second-order valence-electron chi connectivity index (χ2n) is 34.5. The first-order valence-electron chi connectivity index (χ1n) is 47.3. The fourth-order valence-electron chi connectivity index (χ4n) is 14.4. The standard InChI is InChI=1S/C92H180O17P2/c1-8-9-10-11-12-13-14-15-16-17-18-19-23-28-33-38-45-52-59-66-73-89(94)102-79-87(108-91(96)75-68-61-54-46-39-34-29-24-21-20-22-26-31-36-42-49-56-63-70-83(2)3)81-106-110(98,99)104-77-86(93)78-105-111(100,101)107-82-88(80-103-90(95)74-67-60-53-48-41-44-51-58-65-72-85(6)7)109-92(97)76-69-62-55-47-40-35-30-25-27-32-37-43-50-57-64-71-84(4)5/h83-88,93H,8-82H2,1-7H3,(H,98,99)(H,100,101)/t86-,87-,88-/m1/s1. The number of unbranched alkanes of at least 4 members (excludes halogenated alkanes) is 58. The number of esters is 4.